The van der Waals surface area contributed by atoms with Gasteiger partial charge in [0.1, 0.15) is 0 Å². The minimum Gasteiger partial charge on any atom is -0.478 e. The normalized spacial score (nSPS) is 19.5. The number of carboxylic acid groups (broad SMARTS) is 1. The number of carboxylic acids is 1. The number of ether oxygens (including phenoxy) is 1. The number of aromatic carboxylic acids is 1. The second kappa shape index (κ2) is 10.5. The van der Waals surface area contributed by atoms with Gasteiger partial charge in [-0.2, -0.15) is 0 Å². The van der Waals surface area contributed by atoms with E-state index in [0.717, 1.165) is 34.6 Å². The molecular formula is C29H36ClNO4. The zero-order valence-electron chi connectivity index (χ0n) is 21.5. The highest BCUT2D eigenvalue weighted by Gasteiger charge is 2.41. The van der Waals surface area contributed by atoms with Crippen molar-refractivity contribution in [1.82, 2.24) is 0 Å². The molecule has 0 radical (unpaired) electrons. The molecule has 1 N–H and O–H groups in total. The highest BCUT2D eigenvalue weighted by Crippen LogP contribution is 2.44. The first-order valence-electron chi connectivity index (χ1n) is 12.0. The van der Waals surface area contributed by atoms with Gasteiger partial charge in [0.05, 0.1) is 12.2 Å². The first kappa shape index (κ1) is 27.0. The Bertz CT molecular complexity index is 1120. The standard InChI is InChI=1S/C29H36ClNO4/c1-19(18-35-6)24-17-31(23-11-8-21(9-12-23)27(33)34)26(32)16-29(24,5)22-10-7-20(25(30)15-22)13-14-28(2,3)4/h7-12,15,17,19H,13-14,16,18H2,1-6H3,(H,33,34)/t19?,29-/m0/s1. The molecule has 5 nitrogen and oxygen atoms in total. The Balaban J connectivity index is 2.01. The predicted molar refractivity (Wildman–Crippen MR) is 141 cm³/mol. The number of rotatable bonds is 8. The third-order valence-electron chi connectivity index (χ3n) is 6.85. The van der Waals surface area contributed by atoms with E-state index in [-0.39, 0.29) is 29.2 Å². The van der Waals surface area contributed by atoms with Crippen molar-refractivity contribution in [3.63, 3.8) is 0 Å². The van der Waals surface area contributed by atoms with Crippen molar-refractivity contribution in [2.75, 3.05) is 18.6 Å². The topological polar surface area (TPSA) is 66.8 Å². The van der Waals surface area contributed by atoms with E-state index in [4.69, 9.17) is 16.3 Å². The number of hydrogen-bond donors (Lipinski definition) is 1. The number of carbonyl (C=O) groups excluding carboxylic acids is 1. The number of anilines is 1. The lowest BCUT2D eigenvalue weighted by Gasteiger charge is -2.42. The van der Waals surface area contributed by atoms with Gasteiger partial charge in [-0.3, -0.25) is 9.69 Å². The van der Waals surface area contributed by atoms with E-state index in [1.807, 2.05) is 12.3 Å². The maximum atomic E-state index is 13.4. The van der Waals surface area contributed by atoms with Gasteiger partial charge in [-0.25, -0.2) is 4.79 Å². The van der Waals surface area contributed by atoms with E-state index in [1.54, 1.807) is 24.1 Å². The molecule has 2 atom stereocenters. The molecule has 2 aromatic rings. The molecule has 188 valence electrons. The summed E-state index contributed by atoms with van der Waals surface area (Å²) in [4.78, 5) is 26.2. The van der Waals surface area contributed by atoms with Gasteiger partial charge in [-0.1, -0.05) is 58.4 Å². The fourth-order valence-corrected chi connectivity index (χ4v) is 4.98. The van der Waals surface area contributed by atoms with E-state index in [9.17, 15) is 14.7 Å². The zero-order chi connectivity index (χ0) is 26.0. The lowest BCUT2D eigenvalue weighted by Crippen LogP contribution is -2.43. The number of nitrogens with zero attached hydrogens (tertiary/aromatic N) is 1. The summed E-state index contributed by atoms with van der Waals surface area (Å²) in [6.45, 7) is 11.4. The fraction of sp³-hybridized carbons (Fsp3) is 0.448. The third-order valence-corrected chi connectivity index (χ3v) is 7.21. The summed E-state index contributed by atoms with van der Waals surface area (Å²) >= 11 is 6.74. The first-order valence-corrected chi connectivity index (χ1v) is 12.4. The molecule has 1 heterocycles. The van der Waals surface area contributed by atoms with Gasteiger partial charge in [-0.15, -0.1) is 0 Å². The summed E-state index contributed by atoms with van der Waals surface area (Å²) in [5.74, 6) is -1.00. The summed E-state index contributed by atoms with van der Waals surface area (Å²) in [6.07, 6.45) is 4.10. The maximum absolute atomic E-state index is 13.4. The molecule has 0 bridgehead atoms. The lowest BCUT2D eigenvalue weighted by molar-refractivity contribution is -0.119. The number of benzene rings is 2. The number of aryl methyl sites for hydroxylation is 1. The van der Waals surface area contributed by atoms with Crippen LogP contribution in [0.5, 0.6) is 0 Å². The fourth-order valence-electron chi connectivity index (χ4n) is 4.71. The molecule has 35 heavy (non-hydrogen) atoms. The summed E-state index contributed by atoms with van der Waals surface area (Å²) < 4.78 is 5.47. The first-order chi connectivity index (χ1) is 16.4. The van der Waals surface area contributed by atoms with Crippen molar-refractivity contribution in [2.24, 2.45) is 11.3 Å². The molecule has 0 aliphatic carbocycles. The summed E-state index contributed by atoms with van der Waals surface area (Å²) in [7, 11) is 1.67. The molecule has 0 saturated heterocycles. The van der Waals surface area contributed by atoms with Crippen LogP contribution in [0.2, 0.25) is 5.02 Å². The van der Waals surface area contributed by atoms with Crippen LogP contribution in [0.25, 0.3) is 0 Å². The third kappa shape index (κ3) is 6.14. The van der Waals surface area contributed by atoms with Crippen LogP contribution >= 0.6 is 11.6 Å². The molecule has 0 spiro atoms. The SMILES string of the molecule is COCC(C)C1=CN(c2ccc(C(=O)O)cc2)C(=O)C[C@@]1(C)c1ccc(CCC(C)(C)C)c(Cl)c1. The van der Waals surface area contributed by atoms with Crippen LogP contribution in [0.1, 0.15) is 68.9 Å². The molecule has 0 saturated carbocycles. The van der Waals surface area contributed by atoms with E-state index >= 15 is 0 Å². The molecule has 0 fully saturated rings. The Hall–Kier alpha value is -2.63. The van der Waals surface area contributed by atoms with Crippen LogP contribution in [0.3, 0.4) is 0 Å². The van der Waals surface area contributed by atoms with Crippen LogP contribution in [0.4, 0.5) is 5.69 Å². The number of amides is 1. The van der Waals surface area contributed by atoms with Gasteiger partial charge in [0.15, 0.2) is 0 Å². The lowest BCUT2D eigenvalue weighted by atomic mass is 9.67. The second-order valence-corrected chi connectivity index (χ2v) is 11.3. The van der Waals surface area contributed by atoms with Gasteiger partial charge in [-0.05, 0) is 65.3 Å². The highest BCUT2D eigenvalue weighted by molar-refractivity contribution is 6.31. The van der Waals surface area contributed by atoms with Crippen LogP contribution in [0, 0.1) is 11.3 Å². The highest BCUT2D eigenvalue weighted by atomic mass is 35.5. The minimum atomic E-state index is -0.998. The van der Waals surface area contributed by atoms with Gasteiger partial charge < -0.3 is 9.84 Å². The monoisotopic (exact) mass is 497 g/mol. The van der Waals surface area contributed by atoms with Crippen LogP contribution in [-0.4, -0.2) is 30.7 Å². The van der Waals surface area contributed by atoms with Gasteiger partial charge in [0.25, 0.3) is 0 Å². The maximum Gasteiger partial charge on any atom is 0.335 e. The molecule has 1 aliphatic heterocycles. The average Bonchev–Trinajstić information content (AvgIpc) is 2.78. The molecule has 3 rings (SSSR count). The summed E-state index contributed by atoms with van der Waals surface area (Å²) in [5, 5.41) is 9.93. The molecule has 1 aliphatic rings. The molecule has 1 amide bonds. The molecular weight excluding hydrogens is 462 g/mol. The smallest absolute Gasteiger partial charge is 0.335 e. The van der Waals surface area contributed by atoms with Gasteiger partial charge >= 0.3 is 5.97 Å². The Morgan fingerprint density at radius 3 is 2.40 bits per heavy atom. The van der Waals surface area contributed by atoms with E-state index in [2.05, 4.69) is 46.8 Å². The minimum absolute atomic E-state index is 0.0539. The Labute approximate surface area is 213 Å². The number of carbonyl (C=O) groups is 2. The van der Waals surface area contributed by atoms with E-state index < -0.39 is 11.4 Å². The Morgan fingerprint density at radius 1 is 1.20 bits per heavy atom. The van der Waals surface area contributed by atoms with Crippen molar-refractivity contribution in [3.8, 4) is 0 Å². The molecule has 6 heteroatoms. The number of hydrogen-bond acceptors (Lipinski definition) is 3. The van der Waals surface area contributed by atoms with Crippen molar-refractivity contribution in [2.45, 2.75) is 59.3 Å². The quantitative estimate of drug-likeness (QED) is 0.431. The van der Waals surface area contributed by atoms with Crippen LogP contribution in [-0.2, 0) is 21.4 Å². The number of halogens is 1. The Morgan fingerprint density at radius 2 is 1.86 bits per heavy atom. The largest absolute Gasteiger partial charge is 0.478 e. The predicted octanol–water partition coefficient (Wildman–Crippen LogP) is 6.88. The van der Waals surface area contributed by atoms with Crippen LogP contribution < -0.4 is 4.90 Å². The van der Waals surface area contributed by atoms with Crippen molar-refractivity contribution in [1.29, 1.82) is 0 Å². The second-order valence-electron chi connectivity index (χ2n) is 10.9. The molecule has 1 unspecified atom stereocenters. The van der Waals surface area contributed by atoms with Crippen molar-refractivity contribution in [3.05, 3.63) is 76.0 Å². The molecule has 0 aromatic heterocycles. The zero-order valence-corrected chi connectivity index (χ0v) is 22.3. The number of methoxy groups -OCH3 is 1. The average molecular weight is 498 g/mol. The van der Waals surface area contributed by atoms with Gasteiger partial charge in [0, 0.05) is 41.8 Å². The van der Waals surface area contributed by atoms with E-state index in [1.165, 1.54) is 12.1 Å². The van der Waals surface area contributed by atoms with Crippen molar-refractivity contribution < 1.29 is 19.4 Å². The van der Waals surface area contributed by atoms with Gasteiger partial charge in [0.2, 0.25) is 5.91 Å². The summed E-state index contributed by atoms with van der Waals surface area (Å²) in [5.41, 5.74) is 3.69. The molecule has 2 aromatic carbocycles. The van der Waals surface area contributed by atoms with E-state index in [0.29, 0.717) is 12.3 Å². The van der Waals surface area contributed by atoms with Crippen molar-refractivity contribution >= 4 is 29.2 Å². The Kier molecular flexibility index (Phi) is 8.13. The summed E-state index contributed by atoms with van der Waals surface area (Å²) in [6, 6.07) is 12.6. The van der Waals surface area contributed by atoms with Crippen LogP contribution in [0.15, 0.2) is 54.2 Å².